The lowest BCUT2D eigenvalue weighted by molar-refractivity contribution is 0.450. The summed E-state index contributed by atoms with van der Waals surface area (Å²) in [5, 5.41) is 0. The van der Waals surface area contributed by atoms with Gasteiger partial charge in [-0.1, -0.05) is 0 Å². The van der Waals surface area contributed by atoms with E-state index in [-0.39, 0.29) is 17.5 Å². The first-order valence-electron chi connectivity index (χ1n) is 6.80. The zero-order valence-electron chi connectivity index (χ0n) is 11.9. The molecule has 114 valence electrons. The molecule has 0 amide bonds. The molecule has 0 saturated carbocycles. The van der Waals surface area contributed by atoms with Gasteiger partial charge in [0.15, 0.2) is 5.65 Å². The van der Waals surface area contributed by atoms with Crippen molar-refractivity contribution in [1.82, 2.24) is 23.4 Å². The second-order valence-electron chi connectivity index (χ2n) is 5.14. The van der Waals surface area contributed by atoms with Crippen LogP contribution in [-0.2, 0) is 17.1 Å². The highest BCUT2D eigenvalue weighted by Crippen LogP contribution is 2.25. The average molecular weight is 311 g/mol. The monoisotopic (exact) mass is 311 g/mol. The number of fused-ring (bicyclic) bond motifs is 1. The fraction of sp³-hybridized carbons (Fsp3) is 0.583. The molecule has 8 nitrogen and oxygen atoms in total. The minimum absolute atomic E-state index is 0.0757. The van der Waals surface area contributed by atoms with Gasteiger partial charge >= 0.3 is 5.69 Å². The molecule has 2 aromatic rings. The minimum Gasteiger partial charge on any atom is -0.292 e. The van der Waals surface area contributed by atoms with Crippen molar-refractivity contribution < 1.29 is 8.42 Å². The first-order valence-corrected chi connectivity index (χ1v) is 8.41. The van der Waals surface area contributed by atoms with Crippen molar-refractivity contribution >= 4 is 21.2 Å². The summed E-state index contributed by atoms with van der Waals surface area (Å²) < 4.78 is 28.4. The van der Waals surface area contributed by atoms with Crippen LogP contribution in [0, 0.1) is 0 Å². The Bertz CT molecular complexity index is 838. The maximum Gasteiger partial charge on any atom is 0.330 e. The molecule has 0 spiro atoms. The van der Waals surface area contributed by atoms with Gasteiger partial charge in [-0.25, -0.2) is 23.2 Å². The van der Waals surface area contributed by atoms with Crippen LogP contribution in [-0.4, -0.2) is 50.7 Å². The van der Waals surface area contributed by atoms with Gasteiger partial charge in [-0.05, 0) is 13.3 Å². The van der Waals surface area contributed by atoms with Gasteiger partial charge in [-0.15, -0.1) is 0 Å². The zero-order chi connectivity index (χ0) is 15.2. The number of imidazole rings is 1. The predicted molar refractivity (Wildman–Crippen MR) is 77.5 cm³/mol. The summed E-state index contributed by atoms with van der Waals surface area (Å²) in [6, 6.07) is -0.183. The molecule has 3 heterocycles. The summed E-state index contributed by atoms with van der Waals surface area (Å²) >= 11 is 0. The summed E-state index contributed by atoms with van der Waals surface area (Å²) in [5.41, 5.74) is 1.02. The van der Waals surface area contributed by atoms with Gasteiger partial charge in [0.25, 0.3) is 0 Å². The fourth-order valence-corrected chi connectivity index (χ4v) is 3.93. The quantitative estimate of drug-likeness (QED) is 0.778. The van der Waals surface area contributed by atoms with Crippen molar-refractivity contribution in [3.63, 3.8) is 0 Å². The van der Waals surface area contributed by atoms with Crippen LogP contribution in [0.2, 0.25) is 0 Å². The molecule has 0 bridgehead atoms. The van der Waals surface area contributed by atoms with Gasteiger partial charge in [-0.3, -0.25) is 9.13 Å². The van der Waals surface area contributed by atoms with Crippen LogP contribution >= 0.6 is 0 Å². The van der Waals surface area contributed by atoms with Crippen LogP contribution in [0.3, 0.4) is 0 Å². The lowest BCUT2D eigenvalue weighted by atomic mass is 10.2. The minimum atomic E-state index is -3.22. The fourth-order valence-electron chi connectivity index (χ4n) is 2.78. The number of hydrogen-bond acceptors (Lipinski definition) is 5. The topological polar surface area (TPSA) is 90.1 Å². The van der Waals surface area contributed by atoms with E-state index < -0.39 is 10.0 Å². The standard InChI is InChI=1S/C12H17N5O3S/c1-3-21(19,20)16-5-4-9(7-16)17-11-10(6-13-8-14-11)15(2)12(17)18/h6,8-9H,3-5,7H2,1-2H3. The molecule has 1 saturated heterocycles. The van der Waals surface area contributed by atoms with Crippen molar-refractivity contribution in [2.75, 3.05) is 18.8 Å². The van der Waals surface area contributed by atoms with E-state index in [1.807, 2.05) is 0 Å². The summed E-state index contributed by atoms with van der Waals surface area (Å²) in [5.74, 6) is 0.0757. The SMILES string of the molecule is CCS(=O)(=O)N1CCC(n2c(=O)n(C)c3cncnc32)C1. The lowest BCUT2D eigenvalue weighted by Crippen LogP contribution is -2.32. The van der Waals surface area contributed by atoms with Crippen molar-refractivity contribution in [2.24, 2.45) is 7.05 Å². The number of rotatable bonds is 3. The van der Waals surface area contributed by atoms with Gasteiger partial charge in [0.05, 0.1) is 18.0 Å². The number of sulfonamides is 1. The molecule has 0 aliphatic carbocycles. The third-order valence-electron chi connectivity index (χ3n) is 4.00. The van der Waals surface area contributed by atoms with E-state index in [9.17, 15) is 13.2 Å². The maximum atomic E-state index is 12.4. The number of nitrogens with zero attached hydrogens (tertiary/aromatic N) is 5. The van der Waals surface area contributed by atoms with E-state index in [4.69, 9.17) is 0 Å². The van der Waals surface area contributed by atoms with Gasteiger partial charge < -0.3 is 0 Å². The smallest absolute Gasteiger partial charge is 0.292 e. The van der Waals surface area contributed by atoms with Crippen molar-refractivity contribution in [3.05, 3.63) is 23.0 Å². The number of aromatic nitrogens is 4. The zero-order valence-corrected chi connectivity index (χ0v) is 12.7. The molecule has 1 aliphatic rings. The molecular formula is C12H17N5O3S. The Morgan fingerprint density at radius 3 is 2.90 bits per heavy atom. The van der Waals surface area contributed by atoms with Crippen LogP contribution in [0.4, 0.5) is 0 Å². The van der Waals surface area contributed by atoms with Gasteiger partial charge in [0.1, 0.15) is 11.8 Å². The van der Waals surface area contributed by atoms with Crippen LogP contribution < -0.4 is 5.69 Å². The van der Waals surface area contributed by atoms with E-state index >= 15 is 0 Å². The van der Waals surface area contributed by atoms with Gasteiger partial charge in [0.2, 0.25) is 10.0 Å². The third kappa shape index (κ3) is 2.16. The van der Waals surface area contributed by atoms with Crippen molar-refractivity contribution in [1.29, 1.82) is 0 Å². The Kier molecular flexibility index (Phi) is 3.33. The van der Waals surface area contributed by atoms with Crippen LogP contribution in [0.15, 0.2) is 17.3 Å². The van der Waals surface area contributed by atoms with Gasteiger partial charge in [0, 0.05) is 20.1 Å². The second-order valence-corrected chi connectivity index (χ2v) is 7.40. The molecule has 9 heteroatoms. The average Bonchev–Trinajstić information content (AvgIpc) is 3.05. The Labute approximate surface area is 122 Å². The Hall–Kier alpha value is -1.74. The lowest BCUT2D eigenvalue weighted by Gasteiger charge is -2.15. The molecule has 1 unspecified atom stereocenters. The van der Waals surface area contributed by atoms with Gasteiger partial charge in [-0.2, -0.15) is 4.31 Å². The van der Waals surface area contributed by atoms with E-state index in [0.717, 1.165) is 0 Å². The van der Waals surface area contributed by atoms with Crippen LogP contribution in [0.25, 0.3) is 11.2 Å². The van der Waals surface area contributed by atoms with E-state index in [2.05, 4.69) is 9.97 Å². The van der Waals surface area contributed by atoms with Crippen molar-refractivity contribution in [3.8, 4) is 0 Å². The molecule has 1 fully saturated rings. The molecule has 0 N–H and O–H groups in total. The largest absolute Gasteiger partial charge is 0.330 e. The molecule has 1 aliphatic heterocycles. The Morgan fingerprint density at radius 2 is 2.19 bits per heavy atom. The molecule has 3 rings (SSSR count). The maximum absolute atomic E-state index is 12.4. The summed E-state index contributed by atoms with van der Waals surface area (Å²) in [6.07, 6.45) is 3.60. The normalized spacial score (nSPS) is 20.4. The highest BCUT2D eigenvalue weighted by atomic mass is 32.2. The van der Waals surface area contributed by atoms with Crippen molar-refractivity contribution in [2.45, 2.75) is 19.4 Å². The van der Waals surface area contributed by atoms with E-state index in [1.165, 1.54) is 15.2 Å². The first kappa shape index (κ1) is 14.2. The Balaban J connectivity index is 2.04. The number of hydrogen-bond donors (Lipinski definition) is 0. The molecule has 0 aromatic carbocycles. The summed E-state index contributed by atoms with van der Waals surface area (Å²) in [4.78, 5) is 20.5. The van der Waals surface area contributed by atoms with Crippen LogP contribution in [0.5, 0.6) is 0 Å². The molecule has 21 heavy (non-hydrogen) atoms. The molecule has 2 aromatic heterocycles. The number of aryl methyl sites for hydroxylation is 1. The highest BCUT2D eigenvalue weighted by molar-refractivity contribution is 7.89. The first-order chi connectivity index (χ1) is 9.95. The van der Waals surface area contributed by atoms with E-state index in [1.54, 1.807) is 24.7 Å². The molecule has 0 radical (unpaired) electrons. The second kappa shape index (κ2) is 4.92. The van der Waals surface area contributed by atoms with Crippen LogP contribution in [0.1, 0.15) is 19.4 Å². The van der Waals surface area contributed by atoms with E-state index in [0.29, 0.717) is 30.7 Å². The third-order valence-corrected chi connectivity index (χ3v) is 5.85. The summed E-state index contributed by atoms with van der Waals surface area (Å²) in [6.45, 7) is 2.38. The molecular weight excluding hydrogens is 294 g/mol. The molecule has 1 atom stereocenters. The Morgan fingerprint density at radius 1 is 1.43 bits per heavy atom. The summed E-state index contributed by atoms with van der Waals surface area (Å²) in [7, 11) is -1.55. The highest BCUT2D eigenvalue weighted by Gasteiger charge is 2.33. The predicted octanol–water partition coefficient (Wildman–Crippen LogP) is -0.273.